The van der Waals surface area contributed by atoms with Crippen LogP contribution >= 0.6 is 34.0 Å². The summed E-state index contributed by atoms with van der Waals surface area (Å²) in [6.07, 6.45) is 1.83. The van der Waals surface area contributed by atoms with Crippen molar-refractivity contribution in [2.45, 2.75) is 0 Å². The maximum atomic E-state index is 5.17. The number of fused-ring (bicyclic) bond motifs is 19. The lowest BCUT2D eigenvalue weighted by Gasteiger charge is -2.11. The highest BCUT2D eigenvalue weighted by molar-refractivity contribution is 7.27. The Morgan fingerprint density at radius 1 is 0.179 bits per heavy atom. The fourth-order valence-corrected chi connectivity index (χ4v) is 20.8. The molecule has 0 radical (unpaired) electrons. The van der Waals surface area contributed by atoms with Gasteiger partial charge in [0.2, 0.25) is 0 Å². The highest BCUT2D eigenvalue weighted by Crippen LogP contribution is 2.48. The molecule has 0 fully saturated rings. The zero-order chi connectivity index (χ0) is 81.3. The summed E-state index contributed by atoms with van der Waals surface area (Å²) in [5, 5.41) is 14.6. The number of pyridine rings is 5. The lowest BCUT2D eigenvalue weighted by atomic mass is 9.99. The molecule has 0 unspecified atom stereocenters. The summed E-state index contributed by atoms with van der Waals surface area (Å²) in [6.45, 7) is 0. The Kier molecular flexibility index (Phi) is 18.3. The van der Waals surface area contributed by atoms with E-state index in [1.54, 1.807) is 0 Å². The second-order valence-corrected chi connectivity index (χ2v) is 33.7. The van der Waals surface area contributed by atoms with Gasteiger partial charge >= 0.3 is 0 Å². The van der Waals surface area contributed by atoms with Crippen molar-refractivity contribution in [1.82, 2.24) is 44.9 Å². The maximum absolute atomic E-state index is 5.17. The predicted octanol–water partition coefficient (Wildman–Crippen LogP) is 30.3. The highest BCUT2D eigenvalue weighted by atomic mass is 32.1. The van der Waals surface area contributed by atoms with E-state index < -0.39 is 0 Å². The molecule has 15 aromatic carbocycles. The number of thiophene rings is 3. The molecule has 123 heavy (non-hydrogen) atoms. The first kappa shape index (κ1) is 72.6. The lowest BCUT2D eigenvalue weighted by molar-refractivity contribution is 1.18. The molecule has 0 bridgehead atoms. The average Bonchev–Trinajstić information content (AvgIpc) is 1.59. The summed E-state index contributed by atoms with van der Waals surface area (Å²) in [7, 11) is 0. The van der Waals surface area contributed by atoms with Crippen molar-refractivity contribution in [2.75, 3.05) is 0 Å². The summed E-state index contributed by atoms with van der Waals surface area (Å²) in [4.78, 5) is 45.0. The minimum absolute atomic E-state index is 0.710. The Hall–Kier alpha value is -15.6. The van der Waals surface area contributed by atoms with Gasteiger partial charge in [0.25, 0.3) is 0 Å². The first-order valence-corrected chi connectivity index (χ1v) is 43.4. The monoisotopic (exact) mass is 1620 g/mol. The molecule has 0 atom stereocenters. The standard InChI is InChI=1S/C43H27N3S.C35H21N3S.C33H19N3S/c1-3-11-30(12-4-1)37-27-38(31-13-5-2-6-14-31)46-43(45-37)33-25-21-29(22-26-33)28-19-23-32(24-20-28)41-42-40(34-15-7-9-17-36(34)44-41)35-16-8-10-18-39(35)47-42;1-2-10-24(11-3-1)35-37-29-16-8-5-13-26(29)32(38-35)22-18-20-23(21-19-22)33-34-31(25-12-4-7-15-28(25)36-33)27-14-6-9-17-30(27)39-34;1-3-9-27-24(7-1)29-25-8-2-4-10-28(25)37-33(29)32(36-27)23-13-11-20(12-14-23)26-18-17-22-16-15-21-6-5-19-34-30(21)31(22)35-26/h1-27H;1-21H;1-19H. The van der Waals surface area contributed by atoms with E-state index in [1.165, 1.54) is 76.7 Å². The van der Waals surface area contributed by atoms with Crippen molar-refractivity contribution in [1.29, 1.82) is 0 Å². The first-order chi connectivity index (χ1) is 60.9. The third-order valence-electron chi connectivity index (χ3n) is 23.1. The predicted molar refractivity (Wildman–Crippen MR) is 518 cm³/mol. The molecule has 10 heterocycles. The molecular formula is C111H67N9S3. The van der Waals surface area contributed by atoms with Crippen LogP contribution in [0.2, 0.25) is 0 Å². The van der Waals surface area contributed by atoms with E-state index >= 15 is 0 Å². The van der Waals surface area contributed by atoms with Crippen LogP contribution in [0.5, 0.6) is 0 Å². The van der Waals surface area contributed by atoms with Crippen molar-refractivity contribution in [3.63, 3.8) is 0 Å². The normalized spacial score (nSPS) is 11.6. The van der Waals surface area contributed by atoms with E-state index in [2.05, 4.69) is 333 Å². The summed E-state index contributed by atoms with van der Waals surface area (Å²) in [5.41, 5.74) is 24.5. The molecular weight excluding hydrogens is 1560 g/mol. The largest absolute Gasteiger partial charge is 0.254 e. The number of nitrogens with zero attached hydrogens (tertiary/aromatic N) is 9. The summed E-state index contributed by atoms with van der Waals surface area (Å²) in [5.74, 6) is 1.44. The second-order valence-electron chi connectivity index (χ2n) is 30.5. The van der Waals surface area contributed by atoms with E-state index in [1.807, 2.05) is 113 Å². The van der Waals surface area contributed by atoms with Gasteiger partial charge < -0.3 is 0 Å². The van der Waals surface area contributed by atoms with Gasteiger partial charge in [-0.1, -0.05) is 340 Å². The average molecular weight is 1620 g/mol. The number of aromatic nitrogens is 9. The van der Waals surface area contributed by atoms with Gasteiger partial charge in [-0.25, -0.2) is 39.9 Å². The lowest BCUT2D eigenvalue weighted by Crippen LogP contribution is -1.95. The van der Waals surface area contributed by atoms with Crippen LogP contribution in [0.25, 0.3) is 239 Å². The van der Waals surface area contributed by atoms with Crippen LogP contribution in [0.4, 0.5) is 0 Å². The topological polar surface area (TPSA) is 116 Å². The van der Waals surface area contributed by atoms with Crippen LogP contribution in [-0.4, -0.2) is 44.9 Å². The Morgan fingerprint density at radius 3 is 0.943 bits per heavy atom. The quantitative estimate of drug-likeness (QED) is 0.123. The van der Waals surface area contributed by atoms with Crippen molar-refractivity contribution in [3.05, 3.63) is 407 Å². The zero-order valence-corrected chi connectivity index (χ0v) is 68.4. The van der Waals surface area contributed by atoms with Gasteiger partial charge in [0.15, 0.2) is 11.6 Å². The van der Waals surface area contributed by atoms with Crippen LogP contribution in [0.1, 0.15) is 0 Å². The molecule has 0 amide bonds. The fraction of sp³-hybridized carbons (Fsp3) is 0. The summed E-state index contributed by atoms with van der Waals surface area (Å²) < 4.78 is 7.54. The molecule has 0 aliphatic carbocycles. The Labute approximate surface area is 718 Å². The van der Waals surface area contributed by atoms with Gasteiger partial charge in [0.05, 0.1) is 87.1 Å². The number of hydrogen-bond donors (Lipinski definition) is 0. The van der Waals surface area contributed by atoms with E-state index in [0.29, 0.717) is 5.82 Å². The van der Waals surface area contributed by atoms with Crippen molar-refractivity contribution in [2.24, 2.45) is 0 Å². The van der Waals surface area contributed by atoms with Crippen LogP contribution in [-0.2, 0) is 0 Å². The molecule has 25 rings (SSSR count). The smallest absolute Gasteiger partial charge is 0.160 e. The van der Waals surface area contributed by atoms with Crippen LogP contribution in [0.15, 0.2) is 407 Å². The SMILES string of the molecule is c1ccc(-c2cc(-c3ccccc3)nc(-c3ccc(-c4ccc(-c5nc6ccccc6c6c5sc5ccccc56)cc4)cc3)n2)cc1.c1ccc(-c2nc(-c3ccc(-c4nc5ccccc5c5c4sc4ccccc45)cc3)c3ccccc3n2)cc1.c1cnc2c(c1)ccc1ccc(-c3ccc(-c4nc5ccccc5c5c4sc4ccccc45)cc3)nc12. The summed E-state index contributed by atoms with van der Waals surface area (Å²) >= 11 is 5.46. The Bertz CT molecular complexity index is 8350. The Balaban J connectivity index is 0.000000108. The molecule has 0 saturated heterocycles. The minimum Gasteiger partial charge on any atom is -0.254 e. The van der Waals surface area contributed by atoms with Crippen molar-refractivity contribution >= 4 is 160 Å². The van der Waals surface area contributed by atoms with E-state index in [-0.39, 0.29) is 0 Å². The molecule has 10 aromatic heterocycles. The summed E-state index contributed by atoms with van der Waals surface area (Å²) in [6, 6.07) is 139. The van der Waals surface area contributed by atoms with Crippen molar-refractivity contribution in [3.8, 4) is 113 Å². The fourth-order valence-electron chi connectivity index (χ4n) is 17.1. The van der Waals surface area contributed by atoms with Crippen LogP contribution < -0.4 is 0 Å². The molecule has 9 nitrogen and oxygen atoms in total. The third-order valence-corrected chi connectivity index (χ3v) is 26.6. The molecule has 574 valence electrons. The van der Waals surface area contributed by atoms with Gasteiger partial charge in [0, 0.05) is 135 Å². The van der Waals surface area contributed by atoms with E-state index in [4.69, 9.17) is 39.9 Å². The van der Waals surface area contributed by atoms with Gasteiger partial charge in [0.1, 0.15) is 0 Å². The number of rotatable bonds is 10. The van der Waals surface area contributed by atoms with Gasteiger partial charge in [-0.05, 0) is 71.8 Å². The molecule has 0 saturated carbocycles. The number of para-hydroxylation sites is 4. The zero-order valence-electron chi connectivity index (χ0n) is 65.9. The van der Waals surface area contributed by atoms with E-state index in [0.717, 1.165) is 156 Å². The molecule has 0 N–H and O–H groups in total. The molecule has 0 aliphatic rings. The van der Waals surface area contributed by atoms with Crippen LogP contribution in [0, 0.1) is 0 Å². The molecule has 12 heteroatoms. The van der Waals surface area contributed by atoms with Gasteiger partial charge in [-0.3, -0.25) is 4.98 Å². The third kappa shape index (κ3) is 13.4. The van der Waals surface area contributed by atoms with Crippen LogP contribution in [0.3, 0.4) is 0 Å². The molecule has 0 aliphatic heterocycles. The Morgan fingerprint density at radius 2 is 0.496 bits per heavy atom. The molecule has 0 spiro atoms. The van der Waals surface area contributed by atoms with Gasteiger partial charge in [-0.2, -0.15) is 0 Å². The first-order valence-electron chi connectivity index (χ1n) is 40.9. The number of benzene rings is 15. The van der Waals surface area contributed by atoms with Crippen molar-refractivity contribution < 1.29 is 0 Å². The molecule has 25 aromatic rings. The maximum Gasteiger partial charge on any atom is 0.160 e. The number of hydrogen-bond acceptors (Lipinski definition) is 12. The van der Waals surface area contributed by atoms with Gasteiger partial charge in [-0.15, -0.1) is 34.0 Å². The van der Waals surface area contributed by atoms with E-state index in [9.17, 15) is 0 Å². The second kappa shape index (κ2) is 31.0. The highest BCUT2D eigenvalue weighted by Gasteiger charge is 2.22. The minimum atomic E-state index is 0.710.